The van der Waals surface area contributed by atoms with Crippen LogP contribution in [-0.4, -0.2) is 44.8 Å². The average Bonchev–Trinajstić information content (AvgIpc) is 2.93. The molecule has 0 atom stereocenters. The van der Waals surface area contributed by atoms with Crippen LogP contribution in [-0.2, 0) is 9.53 Å². The normalized spacial score (nSPS) is 11.1. The molecule has 0 saturated carbocycles. The summed E-state index contributed by atoms with van der Waals surface area (Å²) in [6, 6.07) is 20.1. The van der Waals surface area contributed by atoms with E-state index in [9.17, 15) is 14.4 Å². The SMILES string of the molecule is CCOC(=O)c1ccc(C=NNC(=O)C(=Cc2ccc(OC)c(OC)c2)NC(=O)c2ccccc2)cc1. The molecule has 37 heavy (non-hydrogen) atoms. The number of nitrogens with one attached hydrogen (secondary N) is 2. The van der Waals surface area contributed by atoms with Gasteiger partial charge in [0.2, 0.25) is 0 Å². The smallest absolute Gasteiger partial charge is 0.338 e. The lowest BCUT2D eigenvalue weighted by Crippen LogP contribution is -2.32. The number of hydrogen-bond acceptors (Lipinski definition) is 7. The zero-order valence-corrected chi connectivity index (χ0v) is 20.7. The van der Waals surface area contributed by atoms with E-state index in [1.165, 1.54) is 26.5 Å². The van der Waals surface area contributed by atoms with Crippen LogP contribution < -0.4 is 20.2 Å². The second-order valence-corrected chi connectivity index (χ2v) is 7.53. The number of carbonyl (C=O) groups is 3. The number of methoxy groups -OCH3 is 2. The van der Waals surface area contributed by atoms with E-state index < -0.39 is 17.8 Å². The topological polar surface area (TPSA) is 115 Å². The minimum absolute atomic E-state index is 0.0316. The van der Waals surface area contributed by atoms with Gasteiger partial charge in [-0.05, 0) is 60.5 Å². The summed E-state index contributed by atoms with van der Waals surface area (Å²) < 4.78 is 15.5. The van der Waals surface area contributed by atoms with Crippen molar-refractivity contribution >= 4 is 30.1 Å². The number of hydrazone groups is 1. The molecule has 2 N–H and O–H groups in total. The van der Waals surface area contributed by atoms with Crippen LogP contribution in [0.2, 0.25) is 0 Å². The Bertz CT molecular complexity index is 1300. The third kappa shape index (κ3) is 7.53. The number of amides is 2. The highest BCUT2D eigenvalue weighted by Crippen LogP contribution is 2.28. The summed E-state index contributed by atoms with van der Waals surface area (Å²) in [5.74, 6) is -0.523. The number of esters is 1. The zero-order valence-electron chi connectivity index (χ0n) is 20.7. The summed E-state index contributed by atoms with van der Waals surface area (Å²) >= 11 is 0. The molecular formula is C28H27N3O6. The first-order valence-corrected chi connectivity index (χ1v) is 11.4. The van der Waals surface area contributed by atoms with Crippen molar-refractivity contribution in [2.75, 3.05) is 20.8 Å². The fourth-order valence-corrected chi connectivity index (χ4v) is 3.20. The summed E-state index contributed by atoms with van der Waals surface area (Å²) in [5.41, 5.74) is 4.42. The Morgan fingerprint density at radius 2 is 1.51 bits per heavy atom. The molecule has 0 heterocycles. The molecule has 0 aliphatic carbocycles. The summed E-state index contributed by atoms with van der Waals surface area (Å²) in [6.45, 7) is 2.02. The van der Waals surface area contributed by atoms with Gasteiger partial charge in [0.15, 0.2) is 11.5 Å². The Morgan fingerprint density at radius 3 is 2.16 bits per heavy atom. The minimum atomic E-state index is -0.640. The molecule has 9 heteroatoms. The zero-order chi connectivity index (χ0) is 26.6. The molecule has 0 saturated heterocycles. The number of carbonyl (C=O) groups excluding carboxylic acids is 3. The Labute approximate surface area is 214 Å². The lowest BCUT2D eigenvalue weighted by atomic mass is 10.1. The molecule has 0 fully saturated rings. The van der Waals surface area contributed by atoms with Gasteiger partial charge in [0.05, 0.1) is 32.6 Å². The van der Waals surface area contributed by atoms with Crippen LogP contribution in [0.25, 0.3) is 6.08 Å². The van der Waals surface area contributed by atoms with Crippen LogP contribution in [0.3, 0.4) is 0 Å². The second kappa shape index (κ2) is 13.2. The van der Waals surface area contributed by atoms with E-state index in [-0.39, 0.29) is 12.3 Å². The van der Waals surface area contributed by atoms with Gasteiger partial charge in [0.1, 0.15) is 5.70 Å². The Morgan fingerprint density at radius 1 is 0.838 bits per heavy atom. The predicted molar refractivity (Wildman–Crippen MR) is 140 cm³/mol. The van der Waals surface area contributed by atoms with Gasteiger partial charge in [-0.3, -0.25) is 9.59 Å². The molecule has 0 radical (unpaired) electrons. The molecule has 0 spiro atoms. The summed E-state index contributed by atoms with van der Waals surface area (Å²) in [5, 5.41) is 6.62. The van der Waals surface area contributed by atoms with Crippen LogP contribution in [0.4, 0.5) is 0 Å². The maximum Gasteiger partial charge on any atom is 0.338 e. The average molecular weight is 502 g/mol. The molecule has 2 amide bonds. The lowest BCUT2D eigenvalue weighted by Gasteiger charge is -2.11. The van der Waals surface area contributed by atoms with E-state index in [4.69, 9.17) is 14.2 Å². The molecule has 3 aromatic carbocycles. The molecule has 190 valence electrons. The Hall–Kier alpha value is -4.92. The predicted octanol–water partition coefficient (Wildman–Crippen LogP) is 3.80. The van der Waals surface area contributed by atoms with Crippen molar-refractivity contribution in [3.63, 3.8) is 0 Å². The van der Waals surface area contributed by atoms with Crippen LogP contribution >= 0.6 is 0 Å². The van der Waals surface area contributed by atoms with Gasteiger partial charge in [-0.15, -0.1) is 0 Å². The molecule has 9 nitrogen and oxygen atoms in total. The van der Waals surface area contributed by atoms with Gasteiger partial charge >= 0.3 is 5.97 Å². The molecule has 0 aromatic heterocycles. The molecule has 0 bridgehead atoms. The molecule has 0 aliphatic heterocycles. The summed E-state index contributed by atoms with van der Waals surface area (Å²) in [4.78, 5) is 37.5. The van der Waals surface area contributed by atoms with Crippen LogP contribution in [0.5, 0.6) is 11.5 Å². The maximum absolute atomic E-state index is 13.0. The highest BCUT2D eigenvalue weighted by molar-refractivity contribution is 6.05. The second-order valence-electron chi connectivity index (χ2n) is 7.53. The summed E-state index contributed by atoms with van der Waals surface area (Å²) in [6.07, 6.45) is 2.92. The van der Waals surface area contributed by atoms with Gasteiger partial charge < -0.3 is 19.5 Å². The number of rotatable bonds is 10. The van der Waals surface area contributed by atoms with Crippen molar-refractivity contribution in [1.29, 1.82) is 0 Å². The fourth-order valence-electron chi connectivity index (χ4n) is 3.20. The van der Waals surface area contributed by atoms with Gasteiger partial charge in [-0.2, -0.15) is 5.10 Å². The summed E-state index contributed by atoms with van der Waals surface area (Å²) in [7, 11) is 3.03. The quantitative estimate of drug-likeness (QED) is 0.189. The first-order chi connectivity index (χ1) is 17.9. The van der Waals surface area contributed by atoms with Crippen LogP contribution in [0.1, 0.15) is 38.8 Å². The molecule has 3 aromatic rings. The van der Waals surface area contributed by atoms with Gasteiger partial charge in [0.25, 0.3) is 11.8 Å². The third-order valence-corrected chi connectivity index (χ3v) is 5.05. The molecular weight excluding hydrogens is 474 g/mol. The standard InChI is InChI=1S/C28H27N3O6/c1-4-37-28(34)22-13-10-19(11-14-22)18-29-31-27(33)23(30-26(32)21-8-6-5-7-9-21)16-20-12-15-24(35-2)25(17-20)36-3/h5-18H,4H2,1-3H3,(H,30,32)(H,31,33). The third-order valence-electron chi connectivity index (χ3n) is 5.05. The van der Waals surface area contributed by atoms with Gasteiger partial charge in [-0.25, -0.2) is 10.2 Å². The van der Waals surface area contributed by atoms with E-state index in [0.29, 0.717) is 33.8 Å². The van der Waals surface area contributed by atoms with Crippen molar-refractivity contribution < 1.29 is 28.6 Å². The maximum atomic E-state index is 13.0. The van der Waals surface area contributed by atoms with E-state index in [1.54, 1.807) is 79.7 Å². The lowest BCUT2D eigenvalue weighted by molar-refractivity contribution is -0.117. The first kappa shape index (κ1) is 26.7. The molecule has 0 aliphatic rings. The van der Waals surface area contributed by atoms with E-state index in [1.807, 2.05) is 0 Å². The van der Waals surface area contributed by atoms with Crippen molar-refractivity contribution in [1.82, 2.24) is 10.7 Å². The van der Waals surface area contributed by atoms with Crippen molar-refractivity contribution in [2.45, 2.75) is 6.92 Å². The fraction of sp³-hybridized carbons (Fsp3) is 0.143. The number of ether oxygens (including phenoxy) is 3. The van der Waals surface area contributed by atoms with Crippen molar-refractivity contribution in [3.05, 3.63) is 101 Å². The van der Waals surface area contributed by atoms with Crippen LogP contribution in [0, 0.1) is 0 Å². The number of nitrogens with zero attached hydrogens (tertiary/aromatic N) is 1. The number of hydrogen-bond donors (Lipinski definition) is 2. The Kier molecular flexibility index (Phi) is 9.55. The van der Waals surface area contributed by atoms with E-state index in [0.717, 1.165) is 0 Å². The highest BCUT2D eigenvalue weighted by Gasteiger charge is 2.15. The largest absolute Gasteiger partial charge is 0.493 e. The van der Waals surface area contributed by atoms with Crippen molar-refractivity contribution in [2.24, 2.45) is 5.10 Å². The van der Waals surface area contributed by atoms with E-state index in [2.05, 4.69) is 15.8 Å². The monoisotopic (exact) mass is 501 g/mol. The molecule has 3 rings (SSSR count). The molecule has 0 unspecified atom stereocenters. The van der Waals surface area contributed by atoms with Crippen LogP contribution in [0.15, 0.2) is 83.6 Å². The first-order valence-electron chi connectivity index (χ1n) is 11.4. The van der Waals surface area contributed by atoms with Gasteiger partial charge in [0, 0.05) is 5.56 Å². The number of benzene rings is 3. The van der Waals surface area contributed by atoms with Crippen molar-refractivity contribution in [3.8, 4) is 11.5 Å². The van der Waals surface area contributed by atoms with E-state index >= 15 is 0 Å². The highest BCUT2D eigenvalue weighted by atomic mass is 16.5. The Balaban J connectivity index is 1.80. The van der Waals surface area contributed by atoms with Gasteiger partial charge in [-0.1, -0.05) is 36.4 Å². The minimum Gasteiger partial charge on any atom is -0.493 e.